The topological polar surface area (TPSA) is 87.7 Å². The normalized spacial score (nSPS) is 10.5. The maximum atomic E-state index is 12.8. The van der Waals surface area contributed by atoms with Gasteiger partial charge in [-0.25, -0.2) is 0 Å². The fraction of sp³-hybridized carbons (Fsp3) is 0.167. The van der Waals surface area contributed by atoms with Gasteiger partial charge in [0.1, 0.15) is 5.75 Å². The molecule has 0 bridgehead atoms. The van der Waals surface area contributed by atoms with Crippen LogP contribution in [0.4, 0.5) is 5.69 Å². The van der Waals surface area contributed by atoms with Crippen molar-refractivity contribution in [3.8, 4) is 16.9 Å². The molecule has 154 valence electrons. The van der Waals surface area contributed by atoms with Crippen molar-refractivity contribution in [2.75, 3.05) is 25.6 Å². The average molecular weight is 404 g/mol. The molecule has 0 unspecified atom stereocenters. The molecule has 0 fully saturated rings. The molecule has 0 saturated carbocycles. The van der Waals surface area contributed by atoms with Crippen molar-refractivity contribution in [1.29, 1.82) is 0 Å². The minimum atomic E-state index is -0.299. The Labute approximate surface area is 175 Å². The number of rotatable bonds is 7. The quantitative estimate of drug-likeness (QED) is 0.520. The van der Waals surface area contributed by atoms with E-state index in [0.29, 0.717) is 41.1 Å². The van der Waals surface area contributed by atoms with Gasteiger partial charge in [0.25, 0.3) is 11.8 Å². The second-order valence-electron chi connectivity index (χ2n) is 6.78. The molecule has 0 aliphatic rings. The number of hydrogen-bond donors (Lipinski definition) is 3. The Hall–Kier alpha value is -3.64. The van der Waals surface area contributed by atoms with Gasteiger partial charge in [-0.15, -0.1) is 0 Å². The van der Waals surface area contributed by atoms with Crippen molar-refractivity contribution in [2.45, 2.75) is 6.92 Å². The smallest absolute Gasteiger partial charge is 0.255 e. The van der Waals surface area contributed by atoms with Crippen LogP contribution in [0.2, 0.25) is 0 Å². The Morgan fingerprint density at radius 2 is 1.73 bits per heavy atom. The Morgan fingerprint density at radius 1 is 0.967 bits per heavy atom. The first-order valence-corrected chi connectivity index (χ1v) is 9.58. The van der Waals surface area contributed by atoms with Gasteiger partial charge in [-0.2, -0.15) is 0 Å². The second kappa shape index (κ2) is 9.71. The summed E-state index contributed by atoms with van der Waals surface area (Å²) in [5.41, 5.74) is 3.57. The van der Waals surface area contributed by atoms with Gasteiger partial charge in [-0.05, 0) is 48.4 Å². The Morgan fingerprint density at radius 3 is 2.50 bits per heavy atom. The summed E-state index contributed by atoms with van der Waals surface area (Å²) in [5.74, 6) is -0.368. The number of aromatic hydroxyl groups is 1. The van der Waals surface area contributed by atoms with Crippen LogP contribution in [0.3, 0.4) is 0 Å². The number of carbonyl (C=O) groups excluding carboxylic acids is 2. The molecule has 0 radical (unpaired) electrons. The fourth-order valence-electron chi connectivity index (χ4n) is 3.12. The lowest BCUT2D eigenvalue weighted by molar-refractivity contribution is 0.0935. The van der Waals surface area contributed by atoms with E-state index in [1.165, 1.54) is 0 Å². The van der Waals surface area contributed by atoms with Gasteiger partial charge in [0.15, 0.2) is 0 Å². The van der Waals surface area contributed by atoms with E-state index in [1.807, 2.05) is 12.1 Å². The number of para-hydroxylation sites is 1. The molecule has 0 aliphatic heterocycles. The van der Waals surface area contributed by atoms with Crippen LogP contribution >= 0.6 is 0 Å². The third-order valence-electron chi connectivity index (χ3n) is 4.76. The summed E-state index contributed by atoms with van der Waals surface area (Å²) in [5, 5.41) is 15.7. The van der Waals surface area contributed by atoms with Crippen LogP contribution in [0, 0.1) is 6.92 Å². The minimum absolute atomic E-state index is 0.151. The molecule has 0 atom stereocenters. The number of phenolic OH excluding ortho intramolecular Hbond substituents is 1. The van der Waals surface area contributed by atoms with E-state index < -0.39 is 0 Å². The van der Waals surface area contributed by atoms with Crippen molar-refractivity contribution in [3.63, 3.8) is 0 Å². The maximum Gasteiger partial charge on any atom is 0.255 e. The number of anilines is 1. The Kier molecular flexibility index (Phi) is 6.83. The van der Waals surface area contributed by atoms with Crippen molar-refractivity contribution in [3.05, 3.63) is 83.4 Å². The molecule has 0 aromatic heterocycles. The van der Waals surface area contributed by atoms with E-state index >= 15 is 0 Å². The number of phenols is 1. The molecule has 2 amide bonds. The van der Waals surface area contributed by atoms with Gasteiger partial charge in [0.05, 0.1) is 6.61 Å². The minimum Gasteiger partial charge on any atom is -0.507 e. The zero-order chi connectivity index (χ0) is 21.5. The first kappa shape index (κ1) is 21.1. The number of methoxy groups -OCH3 is 1. The molecule has 3 rings (SSSR count). The molecular formula is C24H24N2O4. The molecule has 6 nitrogen and oxygen atoms in total. The van der Waals surface area contributed by atoms with Gasteiger partial charge in [-0.3, -0.25) is 9.59 Å². The standard InChI is InChI=1S/C24H24N2O4/c1-16-19(24(29)25-13-14-30-2)10-6-11-21(16)26-23(28)18-8-5-7-17(15-18)20-9-3-4-12-22(20)27/h3-12,15,27H,13-14H2,1-2H3,(H,25,29)(H,26,28). The highest BCUT2D eigenvalue weighted by Gasteiger charge is 2.14. The molecule has 0 saturated heterocycles. The number of carbonyl (C=O) groups is 2. The summed E-state index contributed by atoms with van der Waals surface area (Å²) < 4.78 is 4.95. The molecule has 3 aromatic carbocycles. The summed E-state index contributed by atoms with van der Waals surface area (Å²) in [4.78, 5) is 25.2. The Bertz CT molecular complexity index is 1060. The van der Waals surface area contributed by atoms with Crippen molar-refractivity contribution >= 4 is 17.5 Å². The lowest BCUT2D eigenvalue weighted by Gasteiger charge is -2.13. The molecule has 0 spiro atoms. The van der Waals surface area contributed by atoms with Crippen LogP contribution in [0.25, 0.3) is 11.1 Å². The predicted molar refractivity (Wildman–Crippen MR) is 117 cm³/mol. The second-order valence-corrected chi connectivity index (χ2v) is 6.78. The SMILES string of the molecule is COCCNC(=O)c1cccc(NC(=O)c2cccc(-c3ccccc3O)c2)c1C. The van der Waals surface area contributed by atoms with Crippen LogP contribution < -0.4 is 10.6 Å². The summed E-state index contributed by atoms with van der Waals surface area (Å²) in [6.45, 7) is 2.62. The molecule has 3 N–H and O–H groups in total. The number of benzene rings is 3. The van der Waals surface area contributed by atoms with E-state index in [9.17, 15) is 14.7 Å². The number of ether oxygens (including phenoxy) is 1. The third kappa shape index (κ3) is 4.85. The zero-order valence-corrected chi connectivity index (χ0v) is 16.9. The number of amides is 2. The molecule has 3 aromatic rings. The summed E-state index contributed by atoms with van der Waals surface area (Å²) in [7, 11) is 1.57. The van der Waals surface area contributed by atoms with Gasteiger partial charge < -0.3 is 20.5 Å². The zero-order valence-electron chi connectivity index (χ0n) is 16.9. The van der Waals surface area contributed by atoms with E-state index in [2.05, 4.69) is 10.6 Å². The van der Waals surface area contributed by atoms with E-state index in [-0.39, 0.29) is 17.6 Å². The molecule has 30 heavy (non-hydrogen) atoms. The number of hydrogen-bond acceptors (Lipinski definition) is 4. The van der Waals surface area contributed by atoms with E-state index in [0.717, 1.165) is 5.56 Å². The summed E-state index contributed by atoms with van der Waals surface area (Å²) in [6.07, 6.45) is 0. The summed E-state index contributed by atoms with van der Waals surface area (Å²) >= 11 is 0. The molecule has 0 heterocycles. The van der Waals surface area contributed by atoms with Crippen molar-refractivity contribution in [1.82, 2.24) is 5.32 Å². The first-order valence-electron chi connectivity index (χ1n) is 9.58. The van der Waals surface area contributed by atoms with Gasteiger partial charge >= 0.3 is 0 Å². The highest BCUT2D eigenvalue weighted by Crippen LogP contribution is 2.29. The third-order valence-corrected chi connectivity index (χ3v) is 4.76. The van der Waals surface area contributed by atoms with Crippen LogP contribution in [-0.2, 0) is 4.74 Å². The lowest BCUT2D eigenvalue weighted by atomic mass is 10.0. The number of nitrogens with one attached hydrogen (secondary N) is 2. The van der Waals surface area contributed by atoms with Crippen molar-refractivity contribution in [2.24, 2.45) is 0 Å². The largest absolute Gasteiger partial charge is 0.507 e. The molecule has 0 aliphatic carbocycles. The molecular weight excluding hydrogens is 380 g/mol. The highest BCUT2D eigenvalue weighted by atomic mass is 16.5. The van der Waals surface area contributed by atoms with Crippen LogP contribution in [0.1, 0.15) is 26.3 Å². The van der Waals surface area contributed by atoms with E-state index in [1.54, 1.807) is 68.6 Å². The summed E-state index contributed by atoms with van der Waals surface area (Å²) in [6, 6.07) is 19.2. The van der Waals surface area contributed by atoms with Crippen molar-refractivity contribution < 1.29 is 19.4 Å². The fourth-order valence-corrected chi connectivity index (χ4v) is 3.12. The van der Waals surface area contributed by atoms with E-state index in [4.69, 9.17) is 4.74 Å². The van der Waals surface area contributed by atoms with Crippen LogP contribution in [0.15, 0.2) is 66.7 Å². The van der Waals surface area contributed by atoms with Gasteiger partial charge in [0.2, 0.25) is 0 Å². The van der Waals surface area contributed by atoms with Crippen LogP contribution in [-0.4, -0.2) is 37.2 Å². The first-order chi connectivity index (χ1) is 14.5. The monoisotopic (exact) mass is 404 g/mol. The maximum absolute atomic E-state index is 12.8. The van der Waals surface area contributed by atoms with Crippen LogP contribution in [0.5, 0.6) is 5.75 Å². The molecule has 6 heteroatoms. The predicted octanol–water partition coefficient (Wildman–Crippen LogP) is 4.00. The average Bonchev–Trinajstić information content (AvgIpc) is 2.75. The highest BCUT2D eigenvalue weighted by molar-refractivity contribution is 6.06. The lowest BCUT2D eigenvalue weighted by Crippen LogP contribution is -2.27. The Balaban J connectivity index is 1.80. The van der Waals surface area contributed by atoms with Gasteiger partial charge in [0, 0.05) is 36.0 Å². The van der Waals surface area contributed by atoms with Gasteiger partial charge in [-0.1, -0.05) is 36.4 Å².